The molecule has 1 aliphatic carbocycles. The molecule has 0 radical (unpaired) electrons. The molecule has 140 valence electrons. The summed E-state index contributed by atoms with van der Waals surface area (Å²) in [6.07, 6.45) is 9.14. The van der Waals surface area contributed by atoms with Crippen molar-refractivity contribution in [1.29, 1.82) is 0 Å². The van der Waals surface area contributed by atoms with Gasteiger partial charge in [0.25, 0.3) is 5.88 Å². The van der Waals surface area contributed by atoms with Crippen LogP contribution in [0.5, 0.6) is 11.6 Å². The van der Waals surface area contributed by atoms with Gasteiger partial charge in [-0.15, -0.1) is 0 Å². The molecule has 0 amide bonds. The number of hydrogen-bond acceptors (Lipinski definition) is 4. The average molecular weight is 354 g/mol. The van der Waals surface area contributed by atoms with Crippen LogP contribution in [0.15, 0.2) is 30.5 Å². The highest BCUT2D eigenvalue weighted by Gasteiger charge is 2.15. The first-order valence-corrected chi connectivity index (χ1v) is 9.65. The molecule has 1 heterocycles. The van der Waals surface area contributed by atoms with Crippen LogP contribution < -0.4 is 14.8 Å². The normalized spacial score (nSPS) is 14.9. The van der Waals surface area contributed by atoms with Gasteiger partial charge in [0, 0.05) is 18.5 Å². The van der Waals surface area contributed by atoms with Crippen molar-refractivity contribution >= 4 is 5.69 Å². The van der Waals surface area contributed by atoms with E-state index in [2.05, 4.69) is 42.3 Å². The number of ether oxygens (including phenoxy) is 2. The molecule has 1 aromatic carbocycles. The van der Waals surface area contributed by atoms with Gasteiger partial charge in [-0.3, -0.25) is 0 Å². The van der Waals surface area contributed by atoms with Crippen molar-refractivity contribution in [2.75, 3.05) is 19.0 Å². The Morgan fingerprint density at radius 3 is 2.69 bits per heavy atom. The molecule has 0 bridgehead atoms. The van der Waals surface area contributed by atoms with E-state index in [0.717, 1.165) is 12.1 Å². The second-order valence-corrected chi connectivity index (χ2v) is 7.24. The third kappa shape index (κ3) is 4.90. The number of aryl methyl sites for hydroxylation is 2. The van der Waals surface area contributed by atoms with Gasteiger partial charge in [0.1, 0.15) is 0 Å². The molecule has 0 atom stereocenters. The number of nitrogens with zero attached hydrogens (tertiary/aromatic N) is 1. The molecule has 2 aromatic rings. The molecule has 3 rings (SSSR count). The van der Waals surface area contributed by atoms with Gasteiger partial charge in [-0.1, -0.05) is 43.0 Å². The second kappa shape index (κ2) is 8.93. The molecule has 4 nitrogen and oxygen atoms in total. The molecule has 0 aliphatic heterocycles. The van der Waals surface area contributed by atoms with Crippen molar-refractivity contribution in [2.45, 2.75) is 58.4 Å². The van der Waals surface area contributed by atoms with E-state index in [9.17, 15) is 0 Å². The maximum Gasteiger partial charge on any atom is 0.256 e. The molecular weight excluding hydrogens is 324 g/mol. The fraction of sp³-hybridized carbons (Fsp3) is 0.500. The standard InChI is InChI=1S/C22H30N2O2/c1-16-9-10-17(2)18(13-16)11-12-26-21-14-20(15-23-22(21)25-3)24-19-7-5-4-6-8-19/h9-10,13-15,19,24H,4-8,11-12H2,1-3H3. The van der Waals surface area contributed by atoms with Gasteiger partial charge in [-0.25, -0.2) is 4.98 Å². The highest BCUT2D eigenvalue weighted by Crippen LogP contribution is 2.29. The fourth-order valence-electron chi connectivity index (χ4n) is 3.59. The number of benzene rings is 1. The predicted molar refractivity (Wildman–Crippen MR) is 106 cm³/mol. The highest BCUT2D eigenvalue weighted by atomic mass is 16.5. The van der Waals surface area contributed by atoms with E-state index in [0.29, 0.717) is 24.3 Å². The molecule has 4 heteroatoms. The third-order valence-electron chi connectivity index (χ3n) is 5.12. The Morgan fingerprint density at radius 1 is 1.12 bits per heavy atom. The van der Waals surface area contributed by atoms with Crippen molar-refractivity contribution in [2.24, 2.45) is 0 Å². The lowest BCUT2D eigenvalue weighted by atomic mass is 9.95. The van der Waals surface area contributed by atoms with Crippen molar-refractivity contribution < 1.29 is 9.47 Å². The first-order chi connectivity index (χ1) is 12.7. The van der Waals surface area contributed by atoms with Crippen LogP contribution in [0.1, 0.15) is 48.8 Å². The van der Waals surface area contributed by atoms with Crippen molar-refractivity contribution in [3.8, 4) is 11.6 Å². The number of pyridine rings is 1. The number of aromatic nitrogens is 1. The summed E-state index contributed by atoms with van der Waals surface area (Å²) in [6.45, 7) is 4.87. The number of anilines is 1. The Hall–Kier alpha value is -2.23. The first-order valence-electron chi connectivity index (χ1n) is 9.65. The zero-order chi connectivity index (χ0) is 18.4. The molecule has 1 saturated carbocycles. The topological polar surface area (TPSA) is 43.4 Å². The van der Waals surface area contributed by atoms with E-state index in [-0.39, 0.29) is 0 Å². The van der Waals surface area contributed by atoms with Gasteiger partial charge in [0.15, 0.2) is 5.75 Å². The van der Waals surface area contributed by atoms with E-state index in [4.69, 9.17) is 9.47 Å². The molecule has 1 aromatic heterocycles. The van der Waals surface area contributed by atoms with Crippen molar-refractivity contribution in [3.63, 3.8) is 0 Å². The molecule has 1 N–H and O–H groups in total. The fourth-order valence-corrected chi connectivity index (χ4v) is 3.59. The number of methoxy groups -OCH3 is 1. The van der Waals surface area contributed by atoms with Crippen molar-refractivity contribution in [3.05, 3.63) is 47.2 Å². The number of rotatable bonds is 7. The number of hydrogen-bond donors (Lipinski definition) is 1. The Labute approximate surface area is 156 Å². The smallest absolute Gasteiger partial charge is 0.256 e. The monoisotopic (exact) mass is 354 g/mol. The quantitative estimate of drug-likeness (QED) is 0.753. The van der Waals surface area contributed by atoms with Gasteiger partial charge in [-0.2, -0.15) is 0 Å². The van der Waals surface area contributed by atoms with Gasteiger partial charge in [-0.05, 0) is 37.8 Å². The molecule has 1 aliphatic rings. The lowest BCUT2D eigenvalue weighted by Crippen LogP contribution is -2.22. The van der Waals surface area contributed by atoms with E-state index in [1.54, 1.807) is 7.11 Å². The summed E-state index contributed by atoms with van der Waals surface area (Å²) in [4.78, 5) is 4.41. The average Bonchev–Trinajstić information content (AvgIpc) is 2.66. The van der Waals surface area contributed by atoms with Crippen LogP contribution >= 0.6 is 0 Å². The van der Waals surface area contributed by atoms with E-state index in [1.807, 2.05) is 12.3 Å². The van der Waals surface area contributed by atoms with Gasteiger partial charge >= 0.3 is 0 Å². The summed E-state index contributed by atoms with van der Waals surface area (Å²) in [6, 6.07) is 9.11. The van der Waals surface area contributed by atoms with E-state index in [1.165, 1.54) is 48.8 Å². The zero-order valence-electron chi connectivity index (χ0n) is 16.2. The Bertz CT molecular complexity index is 724. The minimum atomic E-state index is 0.542. The third-order valence-corrected chi connectivity index (χ3v) is 5.12. The lowest BCUT2D eigenvalue weighted by Gasteiger charge is -2.24. The van der Waals surface area contributed by atoms with Crippen molar-refractivity contribution in [1.82, 2.24) is 4.98 Å². The lowest BCUT2D eigenvalue weighted by molar-refractivity contribution is 0.291. The summed E-state index contributed by atoms with van der Waals surface area (Å²) in [5.41, 5.74) is 4.92. The highest BCUT2D eigenvalue weighted by molar-refractivity contribution is 5.50. The first kappa shape index (κ1) is 18.6. The summed E-state index contributed by atoms with van der Waals surface area (Å²) in [5, 5.41) is 3.60. The van der Waals surface area contributed by atoms with Crippen LogP contribution in [0.4, 0.5) is 5.69 Å². The second-order valence-electron chi connectivity index (χ2n) is 7.24. The number of nitrogens with one attached hydrogen (secondary N) is 1. The van der Waals surface area contributed by atoms with Crippen LogP contribution in [0.2, 0.25) is 0 Å². The molecule has 0 saturated heterocycles. The van der Waals surface area contributed by atoms with E-state index < -0.39 is 0 Å². The van der Waals surface area contributed by atoms with E-state index >= 15 is 0 Å². The minimum absolute atomic E-state index is 0.542. The largest absolute Gasteiger partial charge is 0.488 e. The van der Waals surface area contributed by atoms with Crippen LogP contribution in [-0.2, 0) is 6.42 Å². The Kier molecular flexibility index (Phi) is 6.37. The molecule has 0 unspecified atom stereocenters. The van der Waals surface area contributed by atoms with Crippen LogP contribution in [0.3, 0.4) is 0 Å². The SMILES string of the molecule is COc1ncc(NC2CCCCC2)cc1OCCc1cc(C)ccc1C. The van der Waals surface area contributed by atoms with Gasteiger partial charge < -0.3 is 14.8 Å². The maximum atomic E-state index is 6.03. The van der Waals surface area contributed by atoms with Crippen LogP contribution in [0.25, 0.3) is 0 Å². The van der Waals surface area contributed by atoms with Crippen LogP contribution in [0, 0.1) is 13.8 Å². The summed E-state index contributed by atoms with van der Waals surface area (Å²) < 4.78 is 11.4. The van der Waals surface area contributed by atoms with Crippen LogP contribution in [-0.4, -0.2) is 24.7 Å². The minimum Gasteiger partial charge on any atom is -0.488 e. The predicted octanol–water partition coefficient (Wildman–Crippen LogP) is 5.07. The summed E-state index contributed by atoms with van der Waals surface area (Å²) in [7, 11) is 1.63. The molecule has 1 fully saturated rings. The Balaban J connectivity index is 1.63. The molecular formula is C22H30N2O2. The zero-order valence-corrected chi connectivity index (χ0v) is 16.2. The summed E-state index contributed by atoms with van der Waals surface area (Å²) in [5.74, 6) is 1.25. The maximum absolute atomic E-state index is 6.03. The summed E-state index contributed by atoms with van der Waals surface area (Å²) >= 11 is 0. The molecule has 26 heavy (non-hydrogen) atoms. The Morgan fingerprint density at radius 2 is 1.92 bits per heavy atom. The van der Waals surface area contributed by atoms with Gasteiger partial charge in [0.2, 0.25) is 0 Å². The molecule has 0 spiro atoms. The van der Waals surface area contributed by atoms with Gasteiger partial charge in [0.05, 0.1) is 25.6 Å².